The van der Waals surface area contributed by atoms with Crippen LogP contribution in [0, 0.1) is 0 Å². The van der Waals surface area contributed by atoms with E-state index in [9.17, 15) is 13.6 Å². The van der Waals surface area contributed by atoms with E-state index in [2.05, 4.69) is 25.5 Å². The second-order valence-corrected chi connectivity index (χ2v) is 8.73. The number of carbonyl (C=O) groups is 1. The van der Waals surface area contributed by atoms with Crippen molar-refractivity contribution in [2.45, 2.75) is 5.92 Å². The quantitative estimate of drug-likeness (QED) is 0.320. The predicted octanol–water partition coefficient (Wildman–Crippen LogP) is 5.52. The third-order valence-electron chi connectivity index (χ3n) is 5.98. The zero-order valence-electron chi connectivity index (χ0n) is 19.4. The maximum atomic E-state index is 13.1. The lowest BCUT2D eigenvalue weighted by Gasteiger charge is -2.39. The van der Waals surface area contributed by atoms with Gasteiger partial charge in [-0.1, -0.05) is 24.3 Å². The maximum absolute atomic E-state index is 13.1. The molecule has 0 radical (unpaired) electrons. The molecule has 5 aromatic rings. The number of para-hydroxylation sites is 1. The van der Waals surface area contributed by atoms with E-state index in [1.807, 2.05) is 54.6 Å². The smallest absolute Gasteiger partial charge is 0.282 e. The van der Waals surface area contributed by atoms with Crippen molar-refractivity contribution in [1.82, 2.24) is 20.2 Å². The number of alkyl halides is 2. The SMILES string of the molecule is O=C(Nc1ccc(N2CC(F)(F)C2)nc1)c1n[nH]c2ccc(-c3cncc(Oc4ccccc4)c3)cc12. The Bertz CT molecular complexity index is 1580. The maximum Gasteiger partial charge on any atom is 0.282 e. The van der Waals surface area contributed by atoms with Gasteiger partial charge >= 0.3 is 0 Å². The molecule has 4 heterocycles. The summed E-state index contributed by atoms with van der Waals surface area (Å²) in [7, 11) is 0. The average Bonchev–Trinajstić information content (AvgIpc) is 3.32. The van der Waals surface area contributed by atoms with E-state index in [1.165, 1.54) is 11.1 Å². The number of benzene rings is 2. The van der Waals surface area contributed by atoms with Crippen molar-refractivity contribution in [3.63, 3.8) is 0 Å². The van der Waals surface area contributed by atoms with Crippen molar-refractivity contribution in [3.8, 4) is 22.6 Å². The Morgan fingerprint density at radius 2 is 1.78 bits per heavy atom. The highest BCUT2D eigenvalue weighted by atomic mass is 19.3. The van der Waals surface area contributed by atoms with Gasteiger partial charge in [-0.25, -0.2) is 13.8 Å². The number of aromatic nitrogens is 4. The summed E-state index contributed by atoms with van der Waals surface area (Å²) in [5.41, 5.74) is 3.01. The third-order valence-corrected chi connectivity index (χ3v) is 5.98. The van der Waals surface area contributed by atoms with Crippen molar-refractivity contribution < 1.29 is 18.3 Å². The fraction of sp³-hybridized carbons (Fsp3) is 0.111. The third kappa shape index (κ3) is 4.68. The largest absolute Gasteiger partial charge is 0.456 e. The van der Waals surface area contributed by atoms with Crippen LogP contribution in [0.2, 0.25) is 0 Å². The summed E-state index contributed by atoms with van der Waals surface area (Å²) >= 11 is 0. The second kappa shape index (κ2) is 8.98. The van der Waals surface area contributed by atoms with Gasteiger partial charge in [0.05, 0.1) is 36.7 Å². The monoisotopic (exact) mass is 498 g/mol. The molecule has 0 atom stereocenters. The first-order chi connectivity index (χ1) is 17.9. The van der Waals surface area contributed by atoms with Crippen LogP contribution in [0.15, 0.2) is 85.3 Å². The number of aromatic amines is 1. The molecule has 184 valence electrons. The first kappa shape index (κ1) is 22.6. The molecule has 2 aromatic carbocycles. The number of nitrogens with one attached hydrogen (secondary N) is 2. The summed E-state index contributed by atoms with van der Waals surface area (Å²) in [5.74, 6) is -1.37. The molecule has 2 N–H and O–H groups in total. The Morgan fingerprint density at radius 1 is 0.946 bits per heavy atom. The highest BCUT2D eigenvalue weighted by Crippen LogP contribution is 2.31. The van der Waals surface area contributed by atoms with Gasteiger partial charge in [0.15, 0.2) is 5.69 Å². The molecule has 37 heavy (non-hydrogen) atoms. The Kier molecular flexibility index (Phi) is 5.48. The Balaban J connectivity index is 1.21. The minimum Gasteiger partial charge on any atom is -0.456 e. The summed E-state index contributed by atoms with van der Waals surface area (Å²) < 4.78 is 32.1. The van der Waals surface area contributed by atoms with E-state index >= 15 is 0 Å². The van der Waals surface area contributed by atoms with Crippen LogP contribution in [-0.4, -0.2) is 45.1 Å². The summed E-state index contributed by atoms with van der Waals surface area (Å²) in [6, 6.07) is 20.1. The van der Waals surface area contributed by atoms with Crippen LogP contribution in [0.3, 0.4) is 0 Å². The average molecular weight is 498 g/mol. The highest BCUT2D eigenvalue weighted by Gasteiger charge is 2.44. The number of anilines is 2. The molecular weight excluding hydrogens is 478 g/mol. The molecule has 0 aliphatic carbocycles. The number of fused-ring (bicyclic) bond motifs is 1. The molecule has 0 spiro atoms. The number of hydrogen-bond acceptors (Lipinski definition) is 6. The van der Waals surface area contributed by atoms with Crippen molar-refractivity contribution >= 4 is 28.3 Å². The molecule has 1 fully saturated rings. The summed E-state index contributed by atoms with van der Waals surface area (Å²) in [6.07, 6.45) is 4.80. The molecule has 0 unspecified atom stereocenters. The van der Waals surface area contributed by atoms with Crippen LogP contribution in [0.5, 0.6) is 11.5 Å². The Morgan fingerprint density at radius 3 is 2.54 bits per heavy atom. The first-order valence-corrected chi connectivity index (χ1v) is 11.5. The molecule has 3 aromatic heterocycles. The number of ether oxygens (including phenoxy) is 1. The number of amides is 1. The van der Waals surface area contributed by atoms with E-state index in [-0.39, 0.29) is 18.8 Å². The Hall–Kier alpha value is -4.86. The lowest BCUT2D eigenvalue weighted by Crippen LogP contribution is -2.56. The van der Waals surface area contributed by atoms with Crippen LogP contribution in [-0.2, 0) is 0 Å². The van der Waals surface area contributed by atoms with Gasteiger partial charge in [-0.05, 0) is 48.0 Å². The zero-order valence-corrected chi connectivity index (χ0v) is 19.4. The molecule has 0 bridgehead atoms. The van der Waals surface area contributed by atoms with Crippen molar-refractivity contribution in [3.05, 3.63) is 91.0 Å². The molecular formula is C27H20F2N6O2. The Labute approximate surface area is 209 Å². The summed E-state index contributed by atoms with van der Waals surface area (Å²) in [6.45, 7) is -0.714. The van der Waals surface area contributed by atoms with Crippen molar-refractivity contribution in [2.75, 3.05) is 23.3 Å². The van der Waals surface area contributed by atoms with Crippen LogP contribution in [0.25, 0.3) is 22.0 Å². The minimum absolute atomic E-state index is 0.216. The van der Waals surface area contributed by atoms with E-state index in [0.29, 0.717) is 33.9 Å². The zero-order chi connectivity index (χ0) is 25.4. The van der Waals surface area contributed by atoms with Gasteiger partial charge in [0.1, 0.15) is 17.3 Å². The molecule has 0 saturated carbocycles. The van der Waals surface area contributed by atoms with Gasteiger partial charge in [-0.3, -0.25) is 14.9 Å². The number of rotatable bonds is 6. The van der Waals surface area contributed by atoms with E-state index < -0.39 is 11.8 Å². The fourth-order valence-corrected chi connectivity index (χ4v) is 4.14. The van der Waals surface area contributed by atoms with Gasteiger partial charge in [0, 0.05) is 17.1 Å². The number of pyridine rings is 2. The molecule has 6 rings (SSSR count). The first-order valence-electron chi connectivity index (χ1n) is 11.5. The van der Waals surface area contributed by atoms with Gasteiger partial charge < -0.3 is 15.0 Å². The number of carbonyl (C=O) groups excluding carboxylic acids is 1. The van der Waals surface area contributed by atoms with E-state index in [0.717, 1.165) is 11.1 Å². The summed E-state index contributed by atoms with van der Waals surface area (Å²) in [5, 5.41) is 10.5. The van der Waals surface area contributed by atoms with Gasteiger partial charge in [0.2, 0.25) is 0 Å². The topological polar surface area (TPSA) is 96.0 Å². The standard InChI is InChI=1S/C27H20F2N6O2/c28-27(29)15-35(16-27)24-9-7-19(13-31-24)32-26(36)25-22-11-17(6-8-23(22)33-34-25)18-10-21(14-30-12-18)37-20-4-2-1-3-5-20/h1-14H,15-16H2,(H,32,36)(H,33,34). The van der Waals surface area contributed by atoms with Gasteiger partial charge in [-0.15, -0.1) is 0 Å². The number of halogens is 2. The molecule has 1 amide bonds. The molecule has 8 nitrogen and oxygen atoms in total. The van der Waals surface area contributed by atoms with Crippen LogP contribution < -0.4 is 15.0 Å². The fourth-order valence-electron chi connectivity index (χ4n) is 4.14. The van der Waals surface area contributed by atoms with Crippen molar-refractivity contribution in [1.29, 1.82) is 0 Å². The normalized spacial score (nSPS) is 14.3. The van der Waals surface area contributed by atoms with Crippen LogP contribution in [0.1, 0.15) is 10.5 Å². The minimum atomic E-state index is -2.68. The lowest BCUT2D eigenvalue weighted by molar-refractivity contribution is -0.0267. The van der Waals surface area contributed by atoms with E-state index in [1.54, 1.807) is 24.5 Å². The highest BCUT2D eigenvalue weighted by molar-refractivity contribution is 6.11. The number of nitrogens with zero attached hydrogens (tertiary/aromatic N) is 4. The number of H-pyrrole nitrogens is 1. The predicted molar refractivity (Wildman–Crippen MR) is 135 cm³/mol. The molecule has 1 aliphatic rings. The molecule has 10 heteroatoms. The van der Waals surface area contributed by atoms with Gasteiger partial charge in [-0.2, -0.15) is 5.10 Å². The van der Waals surface area contributed by atoms with Gasteiger partial charge in [0.25, 0.3) is 11.8 Å². The molecule has 1 aliphatic heterocycles. The van der Waals surface area contributed by atoms with Crippen LogP contribution in [0.4, 0.5) is 20.3 Å². The van der Waals surface area contributed by atoms with Crippen LogP contribution >= 0.6 is 0 Å². The number of hydrogen-bond donors (Lipinski definition) is 2. The lowest BCUT2D eigenvalue weighted by atomic mass is 10.0. The summed E-state index contributed by atoms with van der Waals surface area (Å²) in [4.78, 5) is 23.0. The second-order valence-electron chi connectivity index (χ2n) is 8.73. The van der Waals surface area contributed by atoms with E-state index in [4.69, 9.17) is 4.74 Å². The van der Waals surface area contributed by atoms with Crippen molar-refractivity contribution in [2.24, 2.45) is 0 Å². The molecule has 1 saturated heterocycles.